The van der Waals surface area contributed by atoms with Gasteiger partial charge in [0.2, 0.25) is 11.9 Å². The Morgan fingerprint density at radius 2 is 2.08 bits per heavy atom. The topological polar surface area (TPSA) is 133 Å². The lowest BCUT2D eigenvalue weighted by atomic mass is 9.92. The number of rotatable bonds is 5. The number of aromatic nitrogens is 2. The Labute approximate surface area is 152 Å². The average molecular weight is 362 g/mol. The number of hydrogen-bond donors (Lipinski definition) is 4. The number of carbonyl (C=O) groups is 2. The van der Waals surface area contributed by atoms with E-state index < -0.39 is 6.03 Å². The van der Waals surface area contributed by atoms with Crippen molar-refractivity contribution in [2.24, 2.45) is 11.7 Å². The molecule has 1 aliphatic heterocycles. The molecule has 1 unspecified atom stereocenters. The molecule has 0 bridgehead atoms. The van der Waals surface area contributed by atoms with Crippen LogP contribution in [0, 0.1) is 5.92 Å². The van der Waals surface area contributed by atoms with Crippen LogP contribution in [0.15, 0.2) is 6.20 Å². The van der Waals surface area contributed by atoms with E-state index in [1.807, 2.05) is 0 Å². The second kappa shape index (κ2) is 8.31. The van der Waals surface area contributed by atoms with Crippen LogP contribution in [0.1, 0.15) is 43.0 Å². The number of hydrogen-bond acceptors (Lipinski definition) is 6. The molecule has 0 aromatic carbocycles. The number of carbonyl (C=O) groups excluding carboxylic acids is 2. The summed E-state index contributed by atoms with van der Waals surface area (Å²) in [6, 6.07) is -0.864. The first-order valence-electron chi connectivity index (χ1n) is 9.11. The third-order valence-corrected chi connectivity index (χ3v) is 5.08. The van der Waals surface area contributed by atoms with E-state index in [1.165, 1.54) is 0 Å². The van der Waals surface area contributed by atoms with E-state index in [-0.39, 0.29) is 25.1 Å². The molecule has 5 N–H and O–H groups in total. The van der Waals surface area contributed by atoms with E-state index in [4.69, 9.17) is 10.7 Å². The predicted octanol–water partition coefficient (Wildman–Crippen LogP) is -0.153. The Kier molecular flexibility index (Phi) is 5.87. The summed E-state index contributed by atoms with van der Waals surface area (Å²) in [5.41, 5.74) is 6.90. The van der Waals surface area contributed by atoms with Crippen molar-refractivity contribution < 1.29 is 14.7 Å². The maximum atomic E-state index is 11.9. The fourth-order valence-corrected chi connectivity index (χ4v) is 3.57. The number of nitrogens with one attached hydrogen (secondary N) is 2. The van der Waals surface area contributed by atoms with Crippen molar-refractivity contribution in [2.45, 2.75) is 38.1 Å². The number of nitrogens with two attached hydrogens (primary N) is 1. The standard InChI is InChI=1S/C17H26N6O3/c18-16(26)19-9-15(25)21-13-2-1-3-14-12(13)8-20-17(22-14)23-6-4-11(10-24)5-7-23/h8,11,13,24H,1-7,9-10H2,(H,21,25)(H3,18,19,26). The van der Waals surface area contributed by atoms with Crippen LogP contribution in [0.3, 0.4) is 0 Å². The molecule has 1 aromatic rings. The van der Waals surface area contributed by atoms with Crippen LogP contribution in [0.25, 0.3) is 0 Å². The Hall–Kier alpha value is -2.42. The molecule has 1 saturated heterocycles. The third kappa shape index (κ3) is 4.40. The minimum atomic E-state index is -0.720. The first-order chi connectivity index (χ1) is 12.6. The van der Waals surface area contributed by atoms with Gasteiger partial charge in [0.15, 0.2) is 0 Å². The van der Waals surface area contributed by atoms with Crippen molar-refractivity contribution in [3.8, 4) is 0 Å². The maximum Gasteiger partial charge on any atom is 0.312 e. The number of anilines is 1. The second-order valence-corrected chi connectivity index (χ2v) is 6.92. The van der Waals surface area contributed by atoms with E-state index in [2.05, 4.69) is 20.5 Å². The molecule has 1 aliphatic carbocycles. The fraction of sp³-hybridized carbons (Fsp3) is 0.647. The van der Waals surface area contributed by atoms with E-state index in [9.17, 15) is 14.7 Å². The summed E-state index contributed by atoms with van der Waals surface area (Å²) in [6.07, 6.45) is 6.32. The van der Waals surface area contributed by atoms with E-state index in [1.54, 1.807) is 6.20 Å². The molecule has 2 aliphatic rings. The fourth-order valence-electron chi connectivity index (χ4n) is 3.57. The zero-order valence-corrected chi connectivity index (χ0v) is 14.8. The molecule has 1 atom stereocenters. The summed E-state index contributed by atoms with van der Waals surface area (Å²) >= 11 is 0. The van der Waals surface area contributed by atoms with E-state index in [0.717, 1.165) is 62.4 Å². The molecule has 0 radical (unpaired) electrons. The summed E-state index contributed by atoms with van der Waals surface area (Å²) in [5, 5.41) is 14.5. The molecule has 0 saturated carbocycles. The highest BCUT2D eigenvalue weighted by Crippen LogP contribution is 2.30. The minimum Gasteiger partial charge on any atom is -0.396 e. The minimum absolute atomic E-state index is 0.139. The highest BCUT2D eigenvalue weighted by molar-refractivity contribution is 5.83. The average Bonchev–Trinajstić information content (AvgIpc) is 2.66. The number of primary amides is 1. The molecule has 0 spiro atoms. The number of aliphatic hydroxyl groups is 1. The quantitative estimate of drug-likeness (QED) is 0.575. The van der Waals surface area contributed by atoms with Crippen molar-refractivity contribution in [3.63, 3.8) is 0 Å². The van der Waals surface area contributed by atoms with Gasteiger partial charge in [-0.15, -0.1) is 0 Å². The molecule has 3 rings (SSSR count). The van der Waals surface area contributed by atoms with Crippen LogP contribution in [0.4, 0.5) is 10.7 Å². The molecule has 3 amide bonds. The van der Waals surface area contributed by atoms with Gasteiger partial charge in [0.1, 0.15) is 0 Å². The van der Waals surface area contributed by atoms with Gasteiger partial charge in [0.25, 0.3) is 0 Å². The molecular formula is C17H26N6O3. The Morgan fingerprint density at radius 1 is 1.31 bits per heavy atom. The molecule has 2 heterocycles. The molecule has 1 fully saturated rings. The maximum absolute atomic E-state index is 11.9. The SMILES string of the molecule is NC(=O)NCC(=O)NC1CCCc2nc(N3CCC(CO)CC3)ncc21. The number of amides is 3. The molecule has 142 valence electrons. The van der Waals surface area contributed by atoms with E-state index in [0.29, 0.717) is 5.92 Å². The van der Waals surface area contributed by atoms with Gasteiger partial charge in [0.05, 0.1) is 18.3 Å². The zero-order chi connectivity index (χ0) is 18.5. The third-order valence-electron chi connectivity index (χ3n) is 5.08. The molecule has 9 nitrogen and oxygen atoms in total. The molecule has 1 aromatic heterocycles. The predicted molar refractivity (Wildman–Crippen MR) is 95.5 cm³/mol. The van der Waals surface area contributed by atoms with Crippen LogP contribution in [-0.2, 0) is 11.2 Å². The van der Waals surface area contributed by atoms with Gasteiger partial charge in [-0.25, -0.2) is 14.8 Å². The normalized spacial score (nSPS) is 20.3. The lowest BCUT2D eigenvalue weighted by Gasteiger charge is -2.32. The molecular weight excluding hydrogens is 336 g/mol. The molecule has 26 heavy (non-hydrogen) atoms. The van der Waals surface area contributed by atoms with Gasteiger partial charge in [-0.3, -0.25) is 4.79 Å². The first kappa shape index (κ1) is 18.4. The summed E-state index contributed by atoms with van der Waals surface area (Å²) in [6.45, 7) is 1.80. The van der Waals surface area contributed by atoms with Gasteiger partial charge in [-0.1, -0.05) is 0 Å². The van der Waals surface area contributed by atoms with Gasteiger partial charge in [-0.2, -0.15) is 0 Å². The van der Waals surface area contributed by atoms with Crippen molar-refractivity contribution in [1.82, 2.24) is 20.6 Å². The van der Waals surface area contributed by atoms with Gasteiger partial charge in [-0.05, 0) is 38.0 Å². The largest absolute Gasteiger partial charge is 0.396 e. The number of piperidine rings is 1. The Morgan fingerprint density at radius 3 is 2.77 bits per heavy atom. The summed E-state index contributed by atoms with van der Waals surface area (Å²) < 4.78 is 0. The van der Waals surface area contributed by atoms with Crippen LogP contribution in [-0.4, -0.2) is 53.3 Å². The number of aryl methyl sites for hydroxylation is 1. The lowest BCUT2D eigenvalue weighted by molar-refractivity contribution is -0.120. The number of nitrogens with zero attached hydrogens (tertiary/aromatic N) is 3. The Balaban J connectivity index is 1.65. The zero-order valence-electron chi connectivity index (χ0n) is 14.8. The van der Waals surface area contributed by atoms with Crippen molar-refractivity contribution >= 4 is 17.9 Å². The van der Waals surface area contributed by atoms with Gasteiger partial charge < -0.3 is 26.4 Å². The number of fused-ring (bicyclic) bond motifs is 1. The molecule has 9 heteroatoms. The highest BCUT2D eigenvalue weighted by Gasteiger charge is 2.26. The van der Waals surface area contributed by atoms with E-state index >= 15 is 0 Å². The summed E-state index contributed by atoms with van der Waals surface area (Å²) in [4.78, 5) is 34.1. The van der Waals surface area contributed by atoms with Crippen LogP contribution in [0.5, 0.6) is 0 Å². The smallest absolute Gasteiger partial charge is 0.312 e. The first-order valence-corrected chi connectivity index (χ1v) is 9.11. The van der Waals surface area contributed by atoms with Crippen molar-refractivity contribution in [3.05, 3.63) is 17.5 Å². The number of urea groups is 1. The van der Waals surface area contributed by atoms with Crippen LogP contribution >= 0.6 is 0 Å². The number of aliphatic hydroxyl groups excluding tert-OH is 1. The summed E-state index contributed by atoms with van der Waals surface area (Å²) in [7, 11) is 0. The van der Waals surface area contributed by atoms with Crippen molar-refractivity contribution in [2.75, 3.05) is 31.1 Å². The van der Waals surface area contributed by atoms with Crippen LogP contribution in [0.2, 0.25) is 0 Å². The van der Waals surface area contributed by atoms with Crippen LogP contribution < -0.4 is 21.3 Å². The lowest BCUT2D eigenvalue weighted by Crippen LogP contribution is -2.41. The Bertz CT molecular complexity index is 660. The van der Waals surface area contributed by atoms with Gasteiger partial charge in [0, 0.05) is 31.5 Å². The van der Waals surface area contributed by atoms with Gasteiger partial charge >= 0.3 is 6.03 Å². The monoisotopic (exact) mass is 362 g/mol. The highest BCUT2D eigenvalue weighted by atomic mass is 16.3. The van der Waals surface area contributed by atoms with Crippen molar-refractivity contribution in [1.29, 1.82) is 0 Å². The second-order valence-electron chi connectivity index (χ2n) is 6.92. The summed E-state index contributed by atoms with van der Waals surface area (Å²) in [5.74, 6) is 0.816.